The lowest BCUT2D eigenvalue weighted by atomic mass is 9.83. The Morgan fingerprint density at radius 2 is 1.97 bits per heavy atom. The Morgan fingerprint density at radius 1 is 1.31 bits per heavy atom. The van der Waals surface area contributed by atoms with Gasteiger partial charge in [-0.3, -0.25) is 19.1 Å². The highest BCUT2D eigenvalue weighted by molar-refractivity contribution is 6.58. The summed E-state index contributed by atoms with van der Waals surface area (Å²) in [7, 11) is -2.15. The molecule has 0 amide bonds. The zero-order valence-electron chi connectivity index (χ0n) is 20.3. The Hall–Kier alpha value is -2.90. The van der Waals surface area contributed by atoms with Crippen LogP contribution in [0.5, 0.6) is 0 Å². The van der Waals surface area contributed by atoms with Crippen molar-refractivity contribution in [3.63, 3.8) is 0 Å². The molecular formula is C23H31N5O6Si. The Kier molecular flexibility index (Phi) is 6.22. The monoisotopic (exact) mass is 501 g/mol. The van der Waals surface area contributed by atoms with E-state index >= 15 is 0 Å². The quantitative estimate of drug-likeness (QED) is 0.279. The van der Waals surface area contributed by atoms with Crippen molar-refractivity contribution in [3.05, 3.63) is 52.6 Å². The van der Waals surface area contributed by atoms with E-state index in [1.165, 1.54) is 10.9 Å². The topological polar surface area (TPSA) is 166 Å². The number of hydrogen-bond acceptors (Lipinski definition) is 9. The highest BCUT2D eigenvalue weighted by atomic mass is 28.3. The number of nitrogens with zero attached hydrogens (tertiary/aromatic N) is 3. The van der Waals surface area contributed by atoms with Crippen LogP contribution in [0.3, 0.4) is 0 Å². The van der Waals surface area contributed by atoms with Gasteiger partial charge in [0, 0.05) is 5.56 Å². The van der Waals surface area contributed by atoms with E-state index in [4.69, 9.17) is 15.2 Å². The Labute approximate surface area is 203 Å². The number of ether oxygens (including phenoxy) is 2. The van der Waals surface area contributed by atoms with E-state index in [1.54, 1.807) is 51.1 Å². The number of rotatable bonds is 6. The first-order valence-corrected chi connectivity index (χ1v) is 14.3. The van der Waals surface area contributed by atoms with Gasteiger partial charge in [-0.15, -0.1) is 0 Å². The predicted octanol–water partition coefficient (Wildman–Crippen LogP) is 0.569. The van der Waals surface area contributed by atoms with Gasteiger partial charge in [-0.2, -0.15) is 4.98 Å². The summed E-state index contributed by atoms with van der Waals surface area (Å²) in [6.07, 6.45) is -1.22. The lowest BCUT2D eigenvalue weighted by Crippen LogP contribution is -2.63. The zero-order chi connectivity index (χ0) is 25.8. The summed E-state index contributed by atoms with van der Waals surface area (Å²) in [5.74, 6) is -0.761. The van der Waals surface area contributed by atoms with Crippen LogP contribution in [0.4, 0.5) is 5.95 Å². The van der Waals surface area contributed by atoms with E-state index in [-0.39, 0.29) is 22.7 Å². The van der Waals surface area contributed by atoms with E-state index in [9.17, 15) is 19.8 Å². The minimum absolute atomic E-state index is 0.0247. The molecule has 188 valence electrons. The smallest absolute Gasteiger partial charge is 0.280 e. The van der Waals surface area contributed by atoms with E-state index in [0.717, 1.165) is 0 Å². The number of nitrogens with two attached hydrogens (primary N) is 1. The number of imidazole rings is 1. The number of benzene rings is 1. The molecule has 1 fully saturated rings. The van der Waals surface area contributed by atoms with Gasteiger partial charge in [0.2, 0.25) is 5.95 Å². The SMILES string of the molecule is C[SiH](C)[C@@]1(n2cnc3c(=O)[nH]c(N)nc32)O[C@H](CO)[C@](O)(C(=O)c2ccccc2)[C@H]1OC(C)(C)C. The normalized spacial score (nSPS) is 27.1. The maximum Gasteiger partial charge on any atom is 0.280 e. The average Bonchev–Trinajstić information content (AvgIpc) is 3.32. The molecule has 11 nitrogen and oxygen atoms in total. The molecule has 0 unspecified atom stereocenters. The van der Waals surface area contributed by atoms with Crippen LogP contribution in [0.2, 0.25) is 13.1 Å². The zero-order valence-corrected chi connectivity index (χ0v) is 21.5. The lowest BCUT2D eigenvalue weighted by molar-refractivity contribution is -0.162. The summed E-state index contributed by atoms with van der Waals surface area (Å²) in [4.78, 5) is 37.3. The van der Waals surface area contributed by atoms with Crippen LogP contribution in [-0.2, 0) is 14.8 Å². The standard InChI is InChI=1S/C23H31N5O6Si/c1-21(2,3)34-19-22(32,16(30)13-9-7-6-8-10-13)14(11-29)33-23(19,35(4)5)28-12-25-15-17(28)26-20(24)27-18(15)31/h6-10,12,14,19,29,32,35H,11H2,1-5H3,(H3,24,26,27,31)/t14-,19-,22+,23+/m1/s1. The number of ketones is 1. The maximum atomic E-state index is 13.9. The number of fused-ring (bicyclic) bond motifs is 1. The van der Waals surface area contributed by atoms with Gasteiger partial charge in [0.15, 0.2) is 27.9 Å². The van der Waals surface area contributed by atoms with Crippen molar-refractivity contribution < 1.29 is 24.5 Å². The van der Waals surface area contributed by atoms with Crippen molar-refractivity contribution in [2.45, 2.75) is 62.6 Å². The Balaban J connectivity index is 2.03. The fourth-order valence-electron chi connectivity index (χ4n) is 4.74. The fourth-order valence-corrected chi connectivity index (χ4v) is 6.85. The molecule has 3 heterocycles. The maximum absolute atomic E-state index is 13.9. The number of H-pyrrole nitrogens is 1. The van der Waals surface area contributed by atoms with Crippen molar-refractivity contribution in [3.8, 4) is 0 Å². The van der Waals surface area contributed by atoms with E-state index in [0.29, 0.717) is 0 Å². The number of nitrogens with one attached hydrogen (secondary N) is 1. The molecule has 2 aromatic heterocycles. The van der Waals surface area contributed by atoms with Gasteiger partial charge in [-0.05, 0) is 20.8 Å². The number of aliphatic hydroxyl groups is 2. The van der Waals surface area contributed by atoms with Crippen LogP contribution in [0.1, 0.15) is 31.1 Å². The van der Waals surface area contributed by atoms with Crippen LogP contribution in [0, 0.1) is 0 Å². The number of aromatic amines is 1. The Bertz CT molecular complexity index is 1300. The van der Waals surface area contributed by atoms with Gasteiger partial charge in [0.25, 0.3) is 5.56 Å². The van der Waals surface area contributed by atoms with Crippen molar-refractivity contribution in [1.82, 2.24) is 19.5 Å². The number of carbonyl (C=O) groups is 1. The average molecular weight is 502 g/mol. The summed E-state index contributed by atoms with van der Waals surface area (Å²) in [5.41, 5.74) is 2.61. The second-order valence-corrected chi connectivity index (χ2v) is 13.2. The van der Waals surface area contributed by atoms with E-state index < -0.39 is 55.5 Å². The highest BCUT2D eigenvalue weighted by Crippen LogP contribution is 2.49. The molecule has 0 aliphatic carbocycles. The molecule has 12 heteroatoms. The second kappa shape index (κ2) is 8.64. The Morgan fingerprint density at radius 3 is 2.54 bits per heavy atom. The molecule has 0 spiro atoms. The molecule has 35 heavy (non-hydrogen) atoms. The summed E-state index contributed by atoms with van der Waals surface area (Å²) in [6.45, 7) is 8.65. The predicted molar refractivity (Wildman–Crippen MR) is 132 cm³/mol. The number of carbonyl (C=O) groups excluding carboxylic acids is 1. The first kappa shape index (κ1) is 25.2. The second-order valence-electron chi connectivity index (χ2n) is 10.1. The number of anilines is 1. The van der Waals surface area contributed by atoms with E-state index in [1.807, 2.05) is 13.1 Å². The molecule has 5 N–H and O–H groups in total. The van der Waals surface area contributed by atoms with Crippen LogP contribution < -0.4 is 11.3 Å². The molecule has 1 saturated heterocycles. The van der Waals surface area contributed by atoms with Crippen molar-refractivity contribution >= 4 is 31.7 Å². The molecule has 1 aromatic carbocycles. The molecule has 3 aromatic rings. The summed E-state index contributed by atoms with van der Waals surface area (Å²) < 4.78 is 14.4. The van der Waals surface area contributed by atoms with Gasteiger partial charge >= 0.3 is 0 Å². The van der Waals surface area contributed by atoms with Gasteiger partial charge in [0.05, 0.1) is 27.3 Å². The molecule has 1 aliphatic heterocycles. The van der Waals surface area contributed by atoms with Crippen LogP contribution in [0.15, 0.2) is 41.5 Å². The van der Waals surface area contributed by atoms with Crippen molar-refractivity contribution in [1.29, 1.82) is 0 Å². The molecule has 1 aliphatic rings. The molecule has 0 saturated carbocycles. The number of hydrogen-bond donors (Lipinski definition) is 4. The minimum Gasteiger partial charge on any atom is -0.394 e. The van der Waals surface area contributed by atoms with Gasteiger partial charge < -0.3 is 25.4 Å². The number of aliphatic hydroxyl groups excluding tert-OH is 1. The highest BCUT2D eigenvalue weighted by Gasteiger charge is 2.70. The van der Waals surface area contributed by atoms with Crippen molar-refractivity contribution in [2.75, 3.05) is 12.3 Å². The van der Waals surface area contributed by atoms with Gasteiger partial charge in [-0.25, -0.2) is 4.98 Å². The number of aromatic nitrogens is 4. The van der Waals surface area contributed by atoms with Gasteiger partial charge in [-0.1, -0.05) is 43.4 Å². The summed E-state index contributed by atoms with van der Waals surface area (Å²) in [6, 6.07) is 8.31. The largest absolute Gasteiger partial charge is 0.394 e. The van der Waals surface area contributed by atoms with E-state index in [2.05, 4.69) is 15.0 Å². The molecule has 0 radical (unpaired) electrons. The fraction of sp³-hybridized carbons (Fsp3) is 0.478. The third-order valence-electron chi connectivity index (χ3n) is 6.26. The van der Waals surface area contributed by atoms with Gasteiger partial charge in [0.1, 0.15) is 12.2 Å². The van der Waals surface area contributed by atoms with Crippen LogP contribution >= 0.6 is 0 Å². The summed E-state index contributed by atoms with van der Waals surface area (Å²) in [5, 5.41) is 21.1. The van der Waals surface area contributed by atoms with Crippen LogP contribution in [-0.4, -0.2) is 74.3 Å². The lowest BCUT2D eigenvalue weighted by Gasteiger charge is -2.43. The number of Topliss-reactive ketones (excluding diaryl/α,β-unsaturated/α-hetero) is 1. The van der Waals surface area contributed by atoms with Crippen LogP contribution in [0.25, 0.3) is 11.2 Å². The first-order valence-electron chi connectivity index (χ1n) is 11.4. The molecular weight excluding hydrogens is 470 g/mol. The number of nitrogen functional groups attached to an aromatic ring is 1. The third-order valence-corrected chi connectivity index (χ3v) is 8.63. The molecule has 4 rings (SSSR count). The third kappa shape index (κ3) is 3.91. The summed E-state index contributed by atoms with van der Waals surface area (Å²) >= 11 is 0. The first-order chi connectivity index (χ1) is 16.4. The minimum atomic E-state index is -2.26. The van der Waals surface area contributed by atoms with Crippen molar-refractivity contribution in [2.24, 2.45) is 0 Å². The molecule has 4 atom stereocenters. The molecule has 0 bridgehead atoms.